The van der Waals surface area contributed by atoms with Crippen LogP contribution in [0.4, 0.5) is 4.79 Å². The molecule has 1 aliphatic rings. The molecule has 0 saturated carbocycles. The van der Waals surface area contributed by atoms with Gasteiger partial charge >= 0.3 is 6.09 Å². The molecule has 1 heterocycles. The molecule has 21 heavy (non-hydrogen) atoms. The van der Waals surface area contributed by atoms with Gasteiger partial charge in [0.05, 0.1) is 17.7 Å². The lowest BCUT2D eigenvalue weighted by Crippen LogP contribution is -2.40. The molecule has 4 nitrogen and oxygen atoms in total. The fourth-order valence-electron chi connectivity index (χ4n) is 2.25. The maximum Gasteiger partial charge on any atom is 0.411 e. The summed E-state index contributed by atoms with van der Waals surface area (Å²) in [5.41, 5.74) is 1.09. The predicted octanol–water partition coefficient (Wildman–Crippen LogP) is 3.80. The van der Waals surface area contributed by atoms with E-state index in [9.17, 15) is 4.79 Å². The van der Waals surface area contributed by atoms with E-state index in [1.807, 2.05) is 39.0 Å². The van der Waals surface area contributed by atoms with E-state index in [2.05, 4.69) is 12.1 Å². The third-order valence-corrected chi connectivity index (χ3v) is 3.20. The predicted molar refractivity (Wildman–Crippen MR) is 80.6 cm³/mol. The molecule has 0 spiro atoms. The minimum Gasteiger partial charge on any atom is -0.444 e. The first kappa shape index (κ1) is 15.1. The van der Waals surface area contributed by atoms with Gasteiger partial charge in [-0.25, -0.2) is 4.79 Å². The Bertz CT molecular complexity index is 576. The fourth-order valence-corrected chi connectivity index (χ4v) is 2.25. The number of benzene rings is 1. The number of hydrogen-bond donors (Lipinski definition) is 0. The molecule has 0 saturated heterocycles. The van der Waals surface area contributed by atoms with Crippen molar-refractivity contribution in [1.82, 2.24) is 4.90 Å². The quantitative estimate of drug-likeness (QED) is 0.737. The maximum atomic E-state index is 12.3. The monoisotopic (exact) mass is 284 g/mol. The van der Waals surface area contributed by atoms with Gasteiger partial charge in [-0.15, -0.1) is 0 Å². The van der Waals surface area contributed by atoms with Crippen LogP contribution >= 0.6 is 0 Å². The Labute approximate surface area is 125 Å². The zero-order chi connectivity index (χ0) is 15.5. The van der Waals surface area contributed by atoms with Gasteiger partial charge in [0.2, 0.25) is 0 Å². The molecule has 1 unspecified atom stereocenters. The van der Waals surface area contributed by atoms with Crippen LogP contribution in [0, 0.1) is 11.3 Å². The van der Waals surface area contributed by atoms with E-state index in [-0.39, 0.29) is 12.1 Å². The molecule has 4 heteroatoms. The fraction of sp³-hybridized carbons (Fsp3) is 0.412. The summed E-state index contributed by atoms with van der Waals surface area (Å²) >= 11 is 0. The van der Waals surface area contributed by atoms with E-state index < -0.39 is 5.60 Å². The average molecular weight is 284 g/mol. The number of nitriles is 1. The summed E-state index contributed by atoms with van der Waals surface area (Å²) in [5, 5.41) is 8.86. The van der Waals surface area contributed by atoms with Crippen molar-refractivity contribution in [2.24, 2.45) is 0 Å². The molecule has 1 amide bonds. The molecular formula is C17H20N2O2. The Hall–Kier alpha value is -2.28. The highest BCUT2D eigenvalue weighted by molar-refractivity contribution is 5.69. The molecule has 0 N–H and O–H groups in total. The van der Waals surface area contributed by atoms with Gasteiger partial charge in [-0.3, -0.25) is 4.90 Å². The highest BCUT2D eigenvalue weighted by Crippen LogP contribution is 2.28. The number of carbonyl (C=O) groups is 1. The van der Waals surface area contributed by atoms with Crippen LogP contribution in [-0.4, -0.2) is 23.1 Å². The second-order valence-electron chi connectivity index (χ2n) is 6.07. The topological polar surface area (TPSA) is 53.3 Å². The van der Waals surface area contributed by atoms with E-state index in [4.69, 9.17) is 10.00 Å². The molecule has 0 fully saturated rings. The first-order valence-corrected chi connectivity index (χ1v) is 7.07. The minimum absolute atomic E-state index is 0.138. The summed E-state index contributed by atoms with van der Waals surface area (Å²) in [7, 11) is 0. The van der Waals surface area contributed by atoms with Crippen molar-refractivity contribution < 1.29 is 9.53 Å². The van der Waals surface area contributed by atoms with Gasteiger partial charge in [0.1, 0.15) is 5.60 Å². The summed E-state index contributed by atoms with van der Waals surface area (Å²) in [6.45, 7) is 6.22. The first-order chi connectivity index (χ1) is 9.90. The highest BCUT2D eigenvalue weighted by Gasteiger charge is 2.29. The Morgan fingerprint density at radius 2 is 2.00 bits per heavy atom. The van der Waals surface area contributed by atoms with Gasteiger partial charge in [-0.1, -0.05) is 24.3 Å². The highest BCUT2D eigenvalue weighted by atomic mass is 16.6. The van der Waals surface area contributed by atoms with E-state index in [0.29, 0.717) is 12.1 Å². The summed E-state index contributed by atoms with van der Waals surface area (Å²) in [5.74, 6) is 0. The van der Waals surface area contributed by atoms with Crippen molar-refractivity contribution in [3.63, 3.8) is 0 Å². The Morgan fingerprint density at radius 3 is 2.57 bits per heavy atom. The number of ether oxygens (including phenoxy) is 1. The lowest BCUT2D eigenvalue weighted by molar-refractivity contribution is 0.0190. The third kappa shape index (κ3) is 3.85. The number of nitrogens with zero attached hydrogens (tertiary/aromatic N) is 2. The number of carbonyl (C=O) groups excluding carboxylic acids is 1. The summed E-state index contributed by atoms with van der Waals surface area (Å²) in [6.07, 6.45) is 4.60. The molecule has 110 valence electrons. The van der Waals surface area contributed by atoms with Gasteiger partial charge < -0.3 is 4.74 Å². The van der Waals surface area contributed by atoms with Gasteiger partial charge in [0.25, 0.3) is 0 Å². The molecule has 0 aromatic heterocycles. The Balaban J connectivity index is 2.22. The summed E-state index contributed by atoms with van der Waals surface area (Å²) in [6, 6.07) is 9.27. The molecule has 1 aromatic carbocycles. The minimum atomic E-state index is -0.506. The Kier molecular flexibility index (Phi) is 4.32. The largest absolute Gasteiger partial charge is 0.444 e. The van der Waals surface area contributed by atoms with Crippen LogP contribution < -0.4 is 0 Å². The number of amides is 1. The van der Waals surface area contributed by atoms with Gasteiger partial charge in [-0.2, -0.15) is 5.26 Å². The second-order valence-corrected chi connectivity index (χ2v) is 6.07. The van der Waals surface area contributed by atoms with Crippen molar-refractivity contribution in [3.05, 3.63) is 47.5 Å². The van der Waals surface area contributed by atoms with Crippen LogP contribution in [0.15, 0.2) is 36.4 Å². The van der Waals surface area contributed by atoms with Crippen LogP contribution in [0.3, 0.4) is 0 Å². The first-order valence-electron chi connectivity index (χ1n) is 7.07. The summed E-state index contributed by atoms with van der Waals surface area (Å²) in [4.78, 5) is 14.1. The molecule has 0 radical (unpaired) electrons. The van der Waals surface area contributed by atoms with Crippen molar-refractivity contribution in [2.75, 3.05) is 6.54 Å². The van der Waals surface area contributed by atoms with E-state index >= 15 is 0 Å². The second kappa shape index (κ2) is 6.01. The normalized spacial score (nSPS) is 18.2. The van der Waals surface area contributed by atoms with Crippen LogP contribution in [-0.2, 0) is 4.74 Å². The Morgan fingerprint density at radius 1 is 1.33 bits per heavy atom. The lowest BCUT2D eigenvalue weighted by Gasteiger charge is -2.34. The lowest BCUT2D eigenvalue weighted by atomic mass is 10.0. The van der Waals surface area contributed by atoms with Gasteiger partial charge in [0, 0.05) is 6.54 Å². The van der Waals surface area contributed by atoms with Crippen molar-refractivity contribution >= 4 is 6.09 Å². The van der Waals surface area contributed by atoms with Crippen LogP contribution in [0.2, 0.25) is 0 Å². The van der Waals surface area contributed by atoms with Crippen LogP contribution in [0.5, 0.6) is 0 Å². The van der Waals surface area contributed by atoms with Crippen LogP contribution in [0.25, 0.3) is 0 Å². The average Bonchev–Trinajstić information content (AvgIpc) is 2.45. The van der Waals surface area contributed by atoms with E-state index in [1.54, 1.807) is 17.0 Å². The summed E-state index contributed by atoms with van der Waals surface area (Å²) < 4.78 is 5.47. The molecule has 1 aliphatic heterocycles. The molecule has 2 rings (SSSR count). The van der Waals surface area contributed by atoms with Crippen LogP contribution in [0.1, 0.15) is 44.4 Å². The SMILES string of the molecule is CC(C)(C)OC(=O)N1CCC=CC1c1ccc(C#N)cc1. The van der Waals surface area contributed by atoms with E-state index in [1.165, 1.54) is 0 Å². The van der Waals surface area contributed by atoms with Gasteiger partial charge in [-0.05, 0) is 44.9 Å². The van der Waals surface area contributed by atoms with Crippen molar-refractivity contribution in [1.29, 1.82) is 5.26 Å². The zero-order valence-electron chi connectivity index (χ0n) is 12.7. The maximum absolute atomic E-state index is 12.3. The molecule has 0 bridgehead atoms. The number of hydrogen-bond acceptors (Lipinski definition) is 3. The molecule has 0 aliphatic carbocycles. The standard InChI is InChI=1S/C17H20N2O2/c1-17(2,3)21-16(20)19-11-5-4-6-15(19)14-9-7-13(12-18)8-10-14/h4,6-10,15H,5,11H2,1-3H3. The third-order valence-electron chi connectivity index (χ3n) is 3.20. The number of rotatable bonds is 1. The van der Waals surface area contributed by atoms with Crippen molar-refractivity contribution in [2.45, 2.75) is 38.8 Å². The smallest absolute Gasteiger partial charge is 0.411 e. The molecule has 1 atom stereocenters. The molecular weight excluding hydrogens is 264 g/mol. The van der Waals surface area contributed by atoms with Gasteiger partial charge in [0.15, 0.2) is 0 Å². The molecule has 1 aromatic rings. The van der Waals surface area contributed by atoms with E-state index in [0.717, 1.165) is 12.0 Å². The van der Waals surface area contributed by atoms with Crippen molar-refractivity contribution in [3.8, 4) is 6.07 Å². The zero-order valence-corrected chi connectivity index (χ0v) is 12.7.